The first kappa shape index (κ1) is 19.8. The molecule has 0 radical (unpaired) electrons. The molecular formula is C28H31N3O. The molecule has 4 nitrogen and oxygen atoms in total. The SMILES string of the molecule is Cc1ccc(N2CCC3(C=C(c4c(-c5c(C)cccc5C)noc4C4CC4)C3)CC2)nc1. The van der Waals surface area contributed by atoms with E-state index < -0.39 is 0 Å². The van der Waals surface area contributed by atoms with Crippen molar-refractivity contribution in [3.8, 4) is 11.3 Å². The van der Waals surface area contributed by atoms with Crippen LogP contribution in [0.25, 0.3) is 16.8 Å². The molecule has 3 aromatic rings. The number of pyridine rings is 1. The number of allylic oxidation sites excluding steroid dienone is 2. The van der Waals surface area contributed by atoms with Crippen LogP contribution < -0.4 is 4.90 Å². The van der Waals surface area contributed by atoms with E-state index in [1.807, 2.05) is 6.20 Å². The van der Waals surface area contributed by atoms with Gasteiger partial charge in [-0.25, -0.2) is 4.98 Å². The summed E-state index contributed by atoms with van der Waals surface area (Å²) >= 11 is 0. The molecule has 0 bridgehead atoms. The summed E-state index contributed by atoms with van der Waals surface area (Å²) in [6, 6.07) is 10.8. The van der Waals surface area contributed by atoms with E-state index in [-0.39, 0.29) is 0 Å². The van der Waals surface area contributed by atoms with Crippen molar-refractivity contribution >= 4 is 11.4 Å². The van der Waals surface area contributed by atoms with E-state index in [2.05, 4.69) is 72.2 Å². The van der Waals surface area contributed by atoms with Crippen LogP contribution in [0.1, 0.15) is 66.0 Å². The van der Waals surface area contributed by atoms with Crippen LogP contribution in [0.5, 0.6) is 0 Å². The third-order valence-electron chi connectivity index (χ3n) is 7.71. The predicted molar refractivity (Wildman–Crippen MR) is 129 cm³/mol. The Morgan fingerprint density at radius 1 is 0.969 bits per heavy atom. The molecule has 6 rings (SSSR count). The van der Waals surface area contributed by atoms with Gasteiger partial charge in [0, 0.05) is 36.3 Å². The maximum Gasteiger partial charge on any atom is 0.147 e. The molecule has 1 saturated heterocycles. The van der Waals surface area contributed by atoms with Crippen molar-refractivity contribution in [1.29, 1.82) is 0 Å². The summed E-state index contributed by atoms with van der Waals surface area (Å²) in [4.78, 5) is 7.08. The third-order valence-corrected chi connectivity index (χ3v) is 7.71. The quantitative estimate of drug-likeness (QED) is 0.471. The van der Waals surface area contributed by atoms with Crippen molar-refractivity contribution in [2.75, 3.05) is 18.0 Å². The van der Waals surface area contributed by atoms with Gasteiger partial charge in [0.1, 0.15) is 17.3 Å². The molecule has 0 unspecified atom stereocenters. The molecule has 2 aliphatic carbocycles. The summed E-state index contributed by atoms with van der Waals surface area (Å²) in [5.41, 5.74) is 9.16. The summed E-state index contributed by atoms with van der Waals surface area (Å²) < 4.78 is 5.99. The van der Waals surface area contributed by atoms with Crippen LogP contribution in [0.3, 0.4) is 0 Å². The first-order chi connectivity index (χ1) is 15.5. The van der Waals surface area contributed by atoms with Gasteiger partial charge in [0.15, 0.2) is 0 Å². The van der Waals surface area contributed by atoms with Gasteiger partial charge in [0.2, 0.25) is 0 Å². The Morgan fingerprint density at radius 2 is 1.69 bits per heavy atom. The maximum atomic E-state index is 5.99. The number of benzene rings is 1. The van der Waals surface area contributed by atoms with Gasteiger partial charge in [-0.05, 0) is 86.6 Å². The number of nitrogens with zero attached hydrogens (tertiary/aromatic N) is 3. The number of hydrogen-bond donors (Lipinski definition) is 0. The van der Waals surface area contributed by atoms with Gasteiger partial charge < -0.3 is 9.42 Å². The van der Waals surface area contributed by atoms with E-state index in [0.29, 0.717) is 11.3 Å². The van der Waals surface area contributed by atoms with E-state index in [9.17, 15) is 0 Å². The number of anilines is 1. The molecule has 0 N–H and O–H groups in total. The van der Waals surface area contributed by atoms with Gasteiger partial charge in [0.05, 0.1) is 0 Å². The Bertz CT molecular complexity index is 1170. The largest absolute Gasteiger partial charge is 0.360 e. The monoisotopic (exact) mass is 425 g/mol. The lowest BCUT2D eigenvalue weighted by molar-refractivity contribution is 0.277. The molecule has 0 amide bonds. The molecule has 32 heavy (non-hydrogen) atoms. The molecule has 3 aliphatic rings. The minimum Gasteiger partial charge on any atom is -0.360 e. The maximum absolute atomic E-state index is 5.99. The molecule has 3 heterocycles. The molecular weight excluding hydrogens is 394 g/mol. The van der Waals surface area contributed by atoms with Crippen molar-refractivity contribution in [2.45, 2.75) is 58.8 Å². The highest BCUT2D eigenvalue weighted by atomic mass is 16.5. The van der Waals surface area contributed by atoms with Gasteiger partial charge in [-0.15, -0.1) is 0 Å². The molecule has 164 valence electrons. The second kappa shape index (κ2) is 7.33. The van der Waals surface area contributed by atoms with Crippen LogP contribution >= 0.6 is 0 Å². The lowest BCUT2D eigenvalue weighted by Crippen LogP contribution is -2.42. The summed E-state index contributed by atoms with van der Waals surface area (Å²) in [5, 5.41) is 4.63. The fourth-order valence-electron chi connectivity index (χ4n) is 5.63. The van der Waals surface area contributed by atoms with Gasteiger partial charge in [-0.1, -0.05) is 35.5 Å². The number of aromatic nitrogens is 2. The summed E-state index contributed by atoms with van der Waals surface area (Å²) in [6.07, 6.45) is 10.5. The molecule has 2 aromatic heterocycles. The first-order valence-electron chi connectivity index (χ1n) is 12.0. The standard InChI is InChI=1S/C28H31N3O/c1-18-7-10-23(29-17-18)31-13-11-28(12-14-31)15-22(16-28)25-26(30-32-27(25)21-8-9-21)24-19(2)5-4-6-20(24)3/h4-7,10,15,17,21H,8-9,11-14,16H2,1-3H3. The van der Waals surface area contributed by atoms with Gasteiger partial charge >= 0.3 is 0 Å². The normalized spacial score (nSPS) is 19.7. The van der Waals surface area contributed by atoms with Crippen LogP contribution in [0.15, 0.2) is 47.1 Å². The molecule has 1 aliphatic heterocycles. The molecule has 0 atom stereocenters. The van der Waals surface area contributed by atoms with Crippen LogP contribution in [-0.4, -0.2) is 23.2 Å². The second-order valence-electron chi connectivity index (χ2n) is 10.2. The number of hydrogen-bond acceptors (Lipinski definition) is 4. The summed E-state index contributed by atoms with van der Waals surface area (Å²) in [5.74, 6) is 2.80. The van der Waals surface area contributed by atoms with Crippen molar-refractivity contribution in [1.82, 2.24) is 10.1 Å². The zero-order chi connectivity index (χ0) is 21.9. The topological polar surface area (TPSA) is 42.2 Å². The Balaban J connectivity index is 1.28. The summed E-state index contributed by atoms with van der Waals surface area (Å²) in [6.45, 7) is 8.60. The van der Waals surface area contributed by atoms with Crippen molar-refractivity contribution < 1.29 is 4.52 Å². The van der Waals surface area contributed by atoms with Crippen molar-refractivity contribution in [3.63, 3.8) is 0 Å². The molecule has 1 saturated carbocycles. The highest BCUT2D eigenvalue weighted by Crippen LogP contribution is 2.56. The smallest absolute Gasteiger partial charge is 0.147 e. The van der Waals surface area contributed by atoms with E-state index >= 15 is 0 Å². The van der Waals surface area contributed by atoms with Gasteiger partial charge in [0.25, 0.3) is 0 Å². The molecule has 2 fully saturated rings. The number of rotatable bonds is 4. The number of piperidine rings is 1. The second-order valence-corrected chi connectivity index (χ2v) is 10.2. The fraction of sp³-hybridized carbons (Fsp3) is 0.429. The Hall–Kier alpha value is -2.88. The fourth-order valence-corrected chi connectivity index (χ4v) is 5.63. The lowest BCUT2D eigenvalue weighted by Gasteiger charge is -2.46. The Kier molecular flexibility index (Phi) is 4.53. The zero-order valence-electron chi connectivity index (χ0n) is 19.3. The number of aryl methyl sites for hydroxylation is 3. The lowest BCUT2D eigenvalue weighted by atomic mass is 9.63. The highest BCUT2D eigenvalue weighted by molar-refractivity contribution is 5.86. The molecule has 1 spiro atoms. The predicted octanol–water partition coefficient (Wildman–Crippen LogP) is 6.61. The van der Waals surface area contributed by atoms with Crippen molar-refractivity contribution in [2.24, 2.45) is 5.41 Å². The third kappa shape index (κ3) is 3.28. The zero-order valence-corrected chi connectivity index (χ0v) is 19.3. The minimum absolute atomic E-state index is 0.326. The highest BCUT2D eigenvalue weighted by Gasteiger charge is 2.44. The van der Waals surface area contributed by atoms with Crippen LogP contribution in [-0.2, 0) is 0 Å². The van der Waals surface area contributed by atoms with Crippen molar-refractivity contribution in [3.05, 3.63) is 70.6 Å². The van der Waals surface area contributed by atoms with E-state index in [0.717, 1.165) is 36.8 Å². The van der Waals surface area contributed by atoms with E-state index in [4.69, 9.17) is 4.52 Å². The average molecular weight is 426 g/mol. The average Bonchev–Trinajstić information content (AvgIpc) is 3.53. The van der Waals surface area contributed by atoms with E-state index in [1.165, 1.54) is 59.1 Å². The van der Waals surface area contributed by atoms with Crippen LogP contribution in [0, 0.1) is 26.2 Å². The van der Waals surface area contributed by atoms with E-state index in [1.54, 1.807) is 0 Å². The van der Waals surface area contributed by atoms with Crippen LogP contribution in [0.4, 0.5) is 5.82 Å². The van der Waals surface area contributed by atoms with Gasteiger partial charge in [-0.2, -0.15) is 0 Å². The minimum atomic E-state index is 0.326. The Labute approximate surface area is 190 Å². The Morgan fingerprint density at radius 3 is 2.31 bits per heavy atom. The molecule has 1 aromatic carbocycles. The van der Waals surface area contributed by atoms with Gasteiger partial charge in [-0.3, -0.25) is 0 Å². The first-order valence-corrected chi connectivity index (χ1v) is 12.0. The summed E-state index contributed by atoms with van der Waals surface area (Å²) in [7, 11) is 0. The van der Waals surface area contributed by atoms with Crippen LogP contribution in [0.2, 0.25) is 0 Å². The molecule has 4 heteroatoms.